The van der Waals surface area contributed by atoms with Gasteiger partial charge in [-0.1, -0.05) is 22.0 Å². The number of nitrogen functional groups attached to an aromatic ring is 1. The van der Waals surface area contributed by atoms with E-state index in [1.165, 1.54) is 0 Å². The number of hydrogen-bond donors (Lipinski definition) is 3. The maximum atomic E-state index is 12.6. The number of carboxylic acids is 1. The molecule has 1 aromatic rings. The number of aliphatic hydroxyl groups is 1. The normalized spacial score (nSPS) is 13.5. The molecule has 8 heteroatoms. The first kappa shape index (κ1) is 13.8. The smallest absolute Gasteiger partial charge is 0.419 e. The molecule has 0 aliphatic heterocycles. The minimum absolute atomic E-state index is 0.316. The van der Waals surface area contributed by atoms with E-state index in [0.717, 1.165) is 12.1 Å². The zero-order valence-corrected chi connectivity index (χ0v) is 9.71. The van der Waals surface area contributed by atoms with E-state index in [9.17, 15) is 23.1 Å². The Morgan fingerprint density at radius 1 is 1.41 bits per heavy atom. The van der Waals surface area contributed by atoms with Crippen LogP contribution in [0.3, 0.4) is 0 Å². The van der Waals surface area contributed by atoms with E-state index < -0.39 is 35.1 Å². The van der Waals surface area contributed by atoms with Gasteiger partial charge in [0.25, 0.3) is 0 Å². The summed E-state index contributed by atoms with van der Waals surface area (Å²) >= 11 is 2.67. The molecule has 0 aromatic heterocycles. The van der Waals surface area contributed by atoms with Crippen LogP contribution in [0.25, 0.3) is 0 Å². The Hall–Kier alpha value is -1.28. The number of alkyl halides is 3. The van der Waals surface area contributed by atoms with Crippen molar-refractivity contribution in [3.8, 4) is 0 Å². The Balaban J connectivity index is 3.44. The molecule has 0 saturated heterocycles. The molecular weight excluding hydrogens is 307 g/mol. The van der Waals surface area contributed by atoms with Crippen LogP contribution in [0.4, 0.5) is 18.9 Å². The van der Waals surface area contributed by atoms with Gasteiger partial charge in [-0.3, -0.25) is 0 Å². The number of halogens is 4. The summed E-state index contributed by atoms with van der Waals surface area (Å²) in [6.07, 6.45) is -6.83. The van der Waals surface area contributed by atoms with Crippen molar-refractivity contribution in [3.63, 3.8) is 0 Å². The molecule has 1 atom stereocenters. The van der Waals surface area contributed by atoms with Gasteiger partial charge in [-0.05, 0) is 6.07 Å². The van der Waals surface area contributed by atoms with Gasteiger partial charge in [0.05, 0.1) is 11.3 Å². The summed E-state index contributed by atoms with van der Waals surface area (Å²) in [7, 11) is 0. The molecule has 1 rings (SSSR count). The van der Waals surface area contributed by atoms with Gasteiger partial charge in [0.15, 0.2) is 6.10 Å². The fourth-order valence-electron chi connectivity index (χ4n) is 1.27. The number of aliphatic hydroxyl groups excluding tert-OH is 1. The van der Waals surface area contributed by atoms with Crippen molar-refractivity contribution in [2.45, 2.75) is 12.3 Å². The first-order chi connectivity index (χ1) is 7.66. The van der Waals surface area contributed by atoms with Gasteiger partial charge in [-0.2, -0.15) is 13.2 Å². The zero-order valence-electron chi connectivity index (χ0n) is 8.12. The van der Waals surface area contributed by atoms with Crippen LogP contribution in [0.15, 0.2) is 16.6 Å². The van der Waals surface area contributed by atoms with Crippen LogP contribution >= 0.6 is 15.9 Å². The summed E-state index contributed by atoms with van der Waals surface area (Å²) in [5.74, 6) is -1.67. The molecule has 0 spiro atoms. The van der Waals surface area contributed by atoms with Crippen LogP contribution in [0, 0.1) is 0 Å². The number of hydrogen-bond acceptors (Lipinski definition) is 3. The summed E-state index contributed by atoms with van der Waals surface area (Å²) in [6.45, 7) is 0. The maximum Gasteiger partial charge on any atom is 0.419 e. The van der Waals surface area contributed by atoms with Crippen molar-refractivity contribution >= 4 is 27.6 Å². The number of benzene rings is 1. The van der Waals surface area contributed by atoms with Crippen LogP contribution in [-0.2, 0) is 11.0 Å². The second-order valence-corrected chi connectivity index (χ2v) is 4.02. The molecule has 0 saturated carbocycles. The highest BCUT2D eigenvalue weighted by molar-refractivity contribution is 9.10. The molecule has 0 fully saturated rings. The summed E-state index contributed by atoms with van der Waals surface area (Å²) in [5.41, 5.74) is 2.74. The van der Waals surface area contributed by atoms with Gasteiger partial charge >= 0.3 is 12.1 Å². The van der Waals surface area contributed by atoms with E-state index in [1.807, 2.05) is 0 Å². The number of nitrogens with two attached hydrogens (primary N) is 1. The zero-order chi connectivity index (χ0) is 13.4. The van der Waals surface area contributed by atoms with Crippen LogP contribution < -0.4 is 5.73 Å². The van der Waals surface area contributed by atoms with Crippen molar-refractivity contribution in [2.24, 2.45) is 0 Å². The highest BCUT2D eigenvalue weighted by Gasteiger charge is 2.37. The quantitative estimate of drug-likeness (QED) is 0.731. The average Bonchev–Trinajstić information content (AvgIpc) is 2.14. The Bertz CT molecular complexity index is 462. The standard InChI is InChI=1S/C9H7BrF3NO3/c10-4-2-1-3(7(15)8(16)17)6(14)5(4)9(11,12)13/h1-2,7,15H,14H2,(H,16,17). The molecule has 1 aromatic carbocycles. The highest BCUT2D eigenvalue weighted by atomic mass is 79.9. The molecule has 0 radical (unpaired) electrons. The number of carbonyl (C=O) groups is 1. The van der Waals surface area contributed by atoms with Crippen molar-refractivity contribution in [1.82, 2.24) is 0 Å². The number of carboxylic acid groups (broad SMARTS) is 1. The van der Waals surface area contributed by atoms with Gasteiger partial charge < -0.3 is 15.9 Å². The molecular formula is C9H7BrF3NO3. The second kappa shape index (κ2) is 4.53. The van der Waals surface area contributed by atoms with Gasteiger partial charge in [0.2, 0.25) is 0 Å². The molecule has 0 aliphatic rings. The lowest BCUT2D eigenvalue weighted by atomic mass is 10.0. The molecule has 94 valence electrons. The topological polar surface area (TPSA) is 83.5 Å². The number of aliphatic carboxylic acids is 1. The monoisotopic (exact) mass is 313 g/mol. The summed E-state index contributed by atoms with van der Waals surface area (Å²) in [6, 6.07) is 2.01. The Kier molecular flexibility index (Phi) is 3.68. The molecule has 0 bridgehead atoms. The summed E-state index contributed by atoms with van der Waals surface area (Å²) in [5, 5.41) is 17.7. The van der Waals surface area contributed by atoms with E-state index in [4.69, 9.17) is 10.8 Å². The summed E-state index contributed by atoms with van der Waals surface area (Å²) < 4.78 is 37.5. The predicted molar refractivity (Wildman–Crippen MR) is 56.2 cm³/mol. The molecule has 1 unspecified atom stereocenters. The molecule has 0 amide bonds. The average molecular weight is 314 g/mol. The lowest BCUT2D eigenvalue weighted by Crippen LogP contribution is -2.17. The van der Waals surface area contributed by atoms with E-state index in [-0.39, 0.29) is 4.47 Å². The minimum atomic E-state index is -4.74. The lowest BCUT2D eigenvalue weighted by Gasteiger charge is -2.16. The Labute approximate surface area is 102 Å². The van der Waals surface area contributed by atoms with E-state index in [2.05, 4.69) is 15.9 Å². The maximum absolute atomic E-state index is 12.6. The second-order valence-electron chi connectivity index (χ2n) is 3.16. The fraction of sp³-hybridized carbons (Fsp3) is 0.222. The molecule has 0 aliphatic carbocycles. The fourth-order valence-corrected chi connectivity index (χ4v) is 1.84. The molecule has 17 heavy (non-hydrogen) atoms. The third-order valence-corrected chi connectivity index (χ3v) is 2.70. The Morgan fingerprint density at radius 3 is 2.35 bits per heavy atom. The molecule has 4 nitrogen and oxygen atoms in total. The van der Waals surface area contributed by atoms with Gasteiger partial charge in [0, 0.05) is 10.0 Å². The first-order valence-corrected chi connectivity index (χ1v) is 5.01. The third kappa shape index (κ3) is 2.70. The lowest BCUT2D eigenvalue weighted by molar-refractivity contribution is -0.147. The molecule has 0 heterocycles. The van der Waals surface area contributed by atoms with Crippen molar-refractivity contribution < 1.29 is 28.2 Å². The summed E-state index contributed by atoms with van der Waals surface area (Å²) in [4.78, 5) is 10.5. The largest absolute Gasteiger partial charge is 0.479 e. The third-order valence-electron chi connectivity index (χ3n) is 2.04. The minimum Gasteiger partial charge on any atom is -0.479 e. The van der Waals surface area contributed by atoms with Crippen LogP contribution in [0.1, 0.15) is 17.2 Å². The van der Waals surface area contributed by atoms with Crippen molar-refractivity contribution in [2.75, 3.05) is 5.73 Å². The van der Waals surface area contributed by atoms with E-state index in [1.54, 1.807) is 0 Å². The van der Waals surface area contributed by atoms with Gasteiger partial charge in [-0.15, -0.1) is 0 Å². The molecule has 4 N–H and O–H groups in total. The van der Waals surface area contributed by atoms with Crippen LogP contribution in [0.5, 0.6) is 0 Å². The van der Waals surface area contributed by atoms with Crippen molar-refractivity contribution in [3.05, 3.63) is 27.7 Å². The SMILES string of the molecule is Nc1c(C(O)C(=O)O)ccc(Br)c1C(F)(F)F. The van der Waals surface area contributed by atoms with E-state index in [0.29, 0.717) is 0 Å². The van der Waals surface area contributed by atoms with Crippen molar-refractivity contribution in [1.29, 1.82) is 0 Å². The van der Waals surface area contributed by atoms with Crippen LogP contribution in [0.2, 0.25) is 0 Å². The predicted octanol–water partition coefficient (Wildman–Crippen LogP) is 2.17. The first-order valence-electron chi connectivity index (χ1n) is 4.22. The van der Waals surface area contributed by atoms with E-state index >= 15 is 0 Å². The number of anilines is 1. The Morgan fingerprint density at radius 2 is 1.94 bits per heavy atom. The number of rotatable bonds is 2. The van der Waals surface area contributed by atoms with Gasteiger partial charge in [-0.25, -0.2) is 4.79 Å². The van der Waals surface area contributed by atoms with Crippen LogP contribution in [-0.4, -0.2) is 16.2 Å². The van der Waals surface area contributed by atoms with Gasteiger partial charge in [0.1, 0.15) is 0 Å². The highest BCUT2D eigenvalue weighted by Crippen LogP contribution is 2.41.